The highest BCUT2D eigenvalue weighted by molar-refractivity contribution is 5.11. The van der Waals surface area contributed by atoms with Crippen LogP contribution in [-0.4, -0.2) is 28.5 Å². The number of hydrogen-bond acceptors (Lipinski definition) is 3. The Morgan fingerprint density at radius 1 is 1.35 bits per heavy atom. The van der Waals surface area contributed by atoms with Gasteiger partial charge in [0, 0.05) is 31.0 Å². The van der Waals surface area contributed by atoms with Gasteiger partial charge in [0.25, 0.3) is 0 Å². The molecule has 0 aliphatic heterocycles. The molecule has 3 heteroatoms. The zero-order chi connectivity index (χ0) is 14.6. The second-order valence-electron chi connectivity index (χ2n) is 6.34. The minimum atomic E-state index is 0.162. The van der Waals surface area contributed by atoms with Crippen LogP contribution in [0.1, 0.15) is 45.6 Å². The van der Waals surface area contributed by atoms with Gasteiger partial charge in [0.2, 0.25) is 0 Å². The van der Waals surface area contributed by atoms with Gasteiger partial charge in [-0.25, -0.2) is 0 Å². The second kappa shape index (κ2) is 6.68. The van der Waals surface area contributed by atoms with E-state index < -0.39 is 0 Å². The molecule has 0 radical (unpaired) electrons. The van der Waals surface area contributed by atoms with Crippen LogP contribution in [0.15, 0.2) is 24.5 Å². The predicted molar refractivity (Wildman–Crippen MR) is 84.3 cm³/mol. The first-order valence-electron chi connectivity index (χ1n) is 7.98. The lowest BCUT2D eigenvalue weighted by molar-refractivity contribution is -0.0133. The topological polar surface area (TPSA) is 42.2 Å². The molecule has 3 nitrogen and oxygen atoms in total. The highest BCUT2D eigenvalue weighted by Crippen LogP contribution is 2.41. The second-order valence-corrected chi connectivity index (χ2v) is 6.34. The number of rotatable bonds is 5. The molecule has 2 rings (SSSR count). The van der Waals surface area contributed by atoms with Crippen LogP contribution in [0.4, 0.5) is 0 Å². The van der Waals surface area contributed by atoms with E-state index in [2.05, 4.69) is 42.8 Å². The van der Waals surface area contributed by atoms with Crippen LogP contribution in [0, 0.1) is 11.8 Å². The van der Waals surface area contributed by atoms with Gasteiger partial charge >= 0.3 is 0 Å². The normalized spacial score (nSPS) is 30.6. The van der Waals surface area contributed by atoms with Crippen LogP contribution in [0.3, 0.4) is 0 Å². The van der Waals surface area contributed by atoms with Crippen molar-refractivity contribution < 1.29 is 0 Å². The Morgan fingerprint density at radius 2 is 2.05 bits per heavy atom. The van der Waals surface area contributed by atoms with E-state index in [0.717, 1.165) is 25.6 Å². The van der Waals surface area contributed by atoms with Gasteiger partial charge in [0.1, 0.15) is 0 Å². The molecule has 0 bridgehead atoms. The van der Waals surface area contributed by atoms with Gasteiger partial charge in [-0.15, -0.1) is 0 Å². The summed E-state index contributed by atoms with van der Waals surface area (Å²) in [4.78, 5) is 6.71. The molecule has 20 heavy (non-hydrogen) atoms. The summed E-state index contributed by atoms with van der Waals surface area (Å²) in [7, 11) is 0. The van der Waals surface area contributed by atoms with Gasteiger partial charge in [0.15, 0.2) is 0 Å². The third kappa shape index (κ3) is 2.89. The Morgan fingerprint density at radius 3 is 2.65 bits per heavy atom. The molecule has 0 spiro atoms. The summed E-state index contributed by atoms with van der Waals surface area (Å²) < 4.78 is 0. The first kappa shape index (κ1) is 15.5. The molecule has 112 valence electrons. The molecule has 1 fully saturated rings. The van der Waals surface area contributed by atoms with E-state index in [1.165, 1.54) is 24.8 Å². The van der Waals surface area contributed by atoms with E-state index >= 15 is 0 Å². The first-order valence-corrected chi connectivity index (χ1v) is 7.98. The van der Waals surface area contributed by atoms with Crippen molar-refractivity contribution in [1.82, 2.24) is 9.88 Å². The molecular formula is C17H29N3. The molecule has 1 aliphatic carbocycles. The molecule has 3 unspecified atom stereocenters. The van der Waals surface area contributed by atoms with Crippen molar-refractivity contribution in [3.05, 3.63) is 30.1 Å². The maximum Gasteiger partial charge on any atom is 0.0363 e. The summed E-state index contributed by atoms with van der Waals surface area (Å²) >= 11 is 0. The first-order chi connectivity index (χ1) is 9.64. The van der Waals surface area contributed by atoms with Crippen LogP contribution < -0.4 is 5.73 Å². The Kier molecular flexibility index (Phi) is 5.17. The standard InChI is InChI=1S/C17H29N3/c1-4-20(12-16-7-10-19-11-8-16)17(13-18)9-5-6-14(2)15(17)3/h7-8,10-11,14-15H,4-6,9,12-13,18H2,1-3H3. The molecule has 1 aromatic rings. The third-order valence-electron chi connectivity index (χ3n) is 5.46. The van der Waals surface area contributed by atoms with Gasteiger partial charge in [-0.2, -0.15) is 0 Å². The van der Waals surface area contributed by atoms with Gasteiger partial charge in [-0.05, 0) is 42.5 Å². The van der Waals surface area contributed by atoms with Gasteiger partial charge in [-0.3, -0.25) is 9.88 Å². The van der Waals surface area contributed by atoms with Crippen molar-refractivity contribution >= 4 is 0 Å². The summed E-state index contributed by atoms with van der Waals surface area (Å²) in [5.74, 6) is 1.42. The fourth-order valence-electron chi connectivity index (χ4n) is 3.89. The number of aromatic nitrogens is 1. The molecule has 0 amide bonds. The smallest absolute Gasteiger partial charge is 0.0363 e. The summed E-state index contributed by atoms with van der Waals surface area (Å²) in [5, 5.41) is 0. The van der Waals surface area contributed by atoms with Gasteiger partial charge in [0.05, 0.1) is 0 Å². The molecule has 3 atom stereocenters. The van der Waals surface area contributed by atoms with Crippen molar-refractivity contribution in [3.63, 3.8) is 0 Å². The quantitative estimate of drug-likeness (QED) is 0.898. The average molecular weight is 275 g/mol. The van der Waals surface area contributed by atoms with E-state index in [-0.39, 0.29) is 5.54 Å². The molecule has 1 aromatic heterocycles. The van der Waals surface area contributed by atoms with E-state index in [9.17, 15) is 0 Å². The SMILES string of the molecule is CCN(Cc1ccncc1)C1(CN)CCCC(C)C1C. The number of pyridine rings is 1. The van der Waals surface area contributed by atoms with Crippen LogP contribution in [0.5, 0.6) is 0 Å². The van der Waals surface area contributed by atoms with E-state index in [0.29, 0.717) is 5.92 Å². The fourth-order valence-corrected chi connectivity index (χ4v) is 3.89. The van der Waals surface area contributed by atoms with Gasteiger partial charge < -0.3 is 5.73 Å². The molecule has 1 aliphatic rings. The number of hydrogen-bond donors (Lipinski definition) is 1. The molecule has 1 heterocycles. The van der Waals surface area contributed by atoms with E-state index in [1.807, 2.05) is 12.4 Å². The van der Waals surface area contributed by atoms with E-state index in [4.69, 9.17) is 5.73 Å². The molecule has 2 N–H and O–H groups in total. The van der Waals surface area contributed by atoms with Crippen molar-refractivity contribution in [2.75, 3.05) is 13.1 Å². The number of likely N-dealkylation sites (N-methyl/N-ethyl adjacent to an activating group) is 1. The lowest BCUT2D eigenvalue weighted by Gasteiger charge is -2.52. The maximum absolute atomic E-state index is 6.27. The lowest BCUT2D eigenvalue weighted by Crippen LogP contribution is -2.60. The molecule has 0 aromatic carbocycles. The fraction of sp³-hybridized carbons (Fsp3) is 0.706. The Hall–Kier alpha value is -0.930. The van der Waals surface area contributed by atoms with Crippen molar-refractivity contribution in [1.29, 1.82) is 0 Å². The maximum atomic E-state index is 6.27. The summed E-state index contributed by atoms with van der Waals surface area (Å²) in [5.41, 5.74) is 7.76. The lowest BCUT2D eigenvalue weighted by atomic mass is 9.67. The largest absolute Gasteiger partial charge is 0.329 e. The zero-order valence-electron chi connectivity index (χ0n) is 13.2. The highest BCUT2D eigenvalue weighted by Gasteiger charge is 2.44. The van der Waals surface area contributed by atoms with Crippen LogP contribution in [0.2, 0.25) is 0 Å². The molecule has 1 saturated carbocycles. The minimum Gasteiger partial charge on any atom is -0.329 e. The van der Waals surface area contributed by atoms with Crippen LogP contribution >= 0.6 is 0 Å². The summed E-state index contributed by atoms with van der Waals surface area (Å²) in [6.07, 6.45) is 7.63. The third-order valence-corrected chi connectivity index (χ3v) is 5.46. The van der Waals surface area contributed by atoms with Crippen LogP contribution in [-0.2, 0) is 6.54 Å². The Bertz CT molecular complexity index is 406. The van der Waals surface area contributed by atoms with Crippen molar-refractivity contribution in [3.8, 4) is 0 Å². The average Bonchev–Trinajstić information content (AvgIpc) is 2.49. The van der Waals surface area contributed by atoms with Gasteiger partial charge in [-0.1, -0.05) is 33.6 Å². The van der Waals surface area contributed by atoms with Crippen molar-refractivity contribution in [2.45, 2.75) is 52.1 Å². The summed E-state index contributed by atoms with van der Waals surface area (Å²) in [6.45, 7) is 9.83. The minimum absolute atomic E-state index is 0.162. The monoisotopic (exact) mass is 275 g/mol. The highest BCUT2D eigenvalue weighted by atomic mass is 15.2. The number of nitrogens with two attached hydrogens (primary N) is 1. The predicted octanol–water partition coefficient (Wildman–Crippen LogP) is 3.06. The van der Waals surface area contributed by atoms with Crippen LogP contribution in [0.25, 0.3) is 0 Å². The van der Waals surface area contributed by atoms with E-state index in [1.54, 1.807) is 0 Å². The van der Waals surface area contributed by atoms with Crippen molar-refractivity contribution in [2.24, 2.45) is 17.6 Å². The zero-order valence-corrected chi connectivity index (χ0v) is 13.2. The summed E-state index contributed by atoms with van der Waals surface area (Å²) in [6, 6.07) is 4.23. The number of nitrogens with zero attached hydrogens (tertiary/aromatic N) is 2. The Labute approximate surface area is 123 Å². The Balaban J connectivity index is 2.22. The molecular weight excluding hydrogens is 246 g/mol. The molecule has 0 saturated heterocycles.